The molecule has 0 spiro atoms. The van der Waals surface area contributed by atoms with Gasteiger partial charge < -0.3 is 5.32 Å². The lowest BCUT2D eigenvalue weighted by Gasteiger charge is -2.17. The van der Waals surface area contributed by atoms with Crippen LogP contribution < -0.4 is 5.32 Å². The maximum Gasteiger partial charge on any atom is 0.164 e. The highest BCUT2D eigenvalue weighted by Crippen LogP contribution is 2.25. The first kappa shape index (κ1) is 12.6. The Bertz CT molecular complexity index is 543. The molecule has 5 heteroatoms. The lowest BCUT2D eigenvalue weighted by molar-refractivity contribution is 0.481. The van der Waals surface area contributed by atoms with Crippen molar-refractivity contribution in [1.29, 1.82) is 0 Å². The second-order valence-corrected chi connectivity index (χ2v) is 3.96. The number of hydrogen-bond acceptors (Lipinski definition) is 3. The molecule has 0 aliphatic heterocycles. The Hall–Kier alpha value is -1.88. The van der Waals surface area contributed by atoms with Crippen LogP contribution in [0.5, 0.6) is 0 Å². The Morgan fingerprint density at radius 3 is 2.56 bits per heavy atom. The van der Waals surface area contributed by atoms with Gasteiger partial charge in [0.25, 0.3) is 0 Å². The summed E-state index contributed by atoms with van der Waals surface area (Å²) in [6, 6.07) is 4.29. The molecule has 3 nitrogen and oxygen atoms in total. The van der Waals surface area contributed by atoms with Crippen LogP contribution in [0, 0.1) is 18.6 Å². The SMILES string of the molecule is CNC(c1ccncn1)c1ccc(C)c(F)c1F. The molecule has 0 amide bonds. The zero-order valence-corrected chi connectivity index (χ0v) is 10.1. The van der Waals surface area contributed by atoms with E-state index in [9.17, 15) is 8.78 Å². The standard InChI is InChI=1S/C13H13F2N3/c1-8-3-4-9(12(15)11(8)14)13(16-2)10-5-6-17-7-18-10/h3-7,13,16H,1-2H3. The molecule has 0 aliphatic carbocycles. The normalized spacial score (nSPS) is 12.4. The fourth-order valence-electron chi connectivity index (χ4n) is 1.82. The minimum atomic E-state index is -0.840. The van der Waals surface area contributed by atoms with Crippen molar-refractivity contribution in [2.75, 3.05) is 7.05 Å². The van der Waals surface area contributed by atoms with Gasteiger partial charge in [-0.3, -0.25) is 0 Å². The fourth-order valence-corrected chi connectivity index (χ4v) is 1.82. The summed E-state index contributed by atoms with van der Waals surface area (Å²) in [7, 11) is 1.67. The second-order valence-electron chi connectivity index (χ2n) is 3.96. The maximum absolute atomic E-state index is 13.9. The first-order chi connectivity index (χ1) is 8.65. The minimum Gasteiger partial charge on any atom is -0.308 e. The van der Waals surface area contributed by atoms with Crippen molar-refractivity contribution >= 4 is 0 Å². The highest BCUT2D eigenvalue weighted by atomic mass is 19.2. The Kier molecular flexibility index (Phi) is 3.62. The van der Waals surface area contributed by atoms with Crippen molar-refractivity contribution in [1.82, 2.24) is 15.3 Å². The second kappa shape index (κ2) is 5.18. The van der Waals surface area contributed by atoms with E-state index in [2.05, 4.69) is 15.3 Å². The summed E-state index contributed by atoms with van der Waals surface area (Å²) >= 11 is 0. The zero-order chi connectivity index (χ0) is 13.1. The van der Waals surface area contributed by atoms with Crippen molar-refractivity contribution in [2.45, 2.75) is 13.0 Å². The molecule has 0 radical (unpaired) electrons. The van der Waals surface area contributed by atoms with Crippen LogP contribution in [0.2, 0.25) is 0 Å². The van der Waals surface area contributed by atoms with Gasteiger partial charge in [-0.25, -0.2) is 18.7 Å². The molecule has 94 valence electrons. The molecule has 2 rings (SSSR count). The van der Waals surface area contributed by atoms with Crippen LogP contribution in [0.15, 0.2) is 30.7 Å². The van der Waals surface area contributed by atoms with Crippen LogP contribution in [0.1, 0.15) is 22.9 Å². The smallest absolute Gasteiger partial charge is 0.164 e. The molecule has 1 unspecified atom stereocenters. The molecule has 2 aromatic rings. The summed E-state index contributed by atoms with van der Waals surface area (Å²) in [6.07, 6.45) is 2.94. The largest absolute Gasteiger partial charge is 0.308 e. The van der Waals surface area contributed by atoms with Gasteiger partial charge in [0.2, 0.25) is 0 Å². The third-order valence-electron chi connectivity index (χ3n) is 2.81. The van der Waals surface area contributed by atoms with Gasteiger partial charge in [0, 0.05) is 11.8 Å². The number of nitrogens with zero attached hydrogens (tertiary/aromatic N) is 2. The first-order valence-electron chi connectivity index (χ1n) is 5.52. The van der Waals surface area contributed by atoms with E-state index in [4.69, 9.17) is 0 Å². The molecular weight excluding hydrogens is 236 g/mol. The van der Waals surface area contributed by atoms with Crippen LogP contribution in [0.4, 0.5) is 8.78 Å². The summed E-state index contributed by atoms with van der Waals surface area (Å²) in [5, 5.41) is 2.93. The fraction of sp³-hybridized carbons (Fsp3) is 0.231. The molecule has 1 aromatic carbocycles. The van der Waals surface area contributed by atoms with Gasteiger partial charge in [0.15, 0.2) is 11.6 Å². The highest BCUT2D eigenvalue weighted by Gasteiger charge is 2.20. The van der Waals surface area contributed by atoms with Gasteiger partial charge >= 0.3 is 0 Å². The third kappa shape index (κ3) is 2.22. The average molecular weight is 249 g/mol. The molecule has 1 aromatic heterocycles. The molecule has 1 N–H and O–H groups in total. The van der Waals surface area contributed by atoms with E-state index < -0.39 is 17.7 Å². The number of hydrogen-bond donors (Lipinski definition) is 1. The average Bonchev–Trinajstić information content (AvgIpc) is 2.41. The van der Waals surface area contributed by atoms with Crippen LogP contribution in [-0.4, -0.2) is 17.0 Å². The molecule has 0 saturated heterocycles. The monoisotopic (exact) mass is 249 g/mol. The van der Waals surface area contributed by atoms with Crippen molar-refractivity contribution in [3.05, 3.63) is 59.2 Å². The molecular formula is C13H13F2N3. The van der Waals surface area contributed by atoms with Gasteiger partial charge in [-0.2, -0.15) is 0 Å². The number of rotatable bonds is 3. The molecule has 18 heavy (non-hydrogen) atoms. The van der Waals surface area contributed by atoms with Crippen LogP contribution in [-0.2, 0) is 0 Å². The number of benzene rings is 1. The predicted molar refractivity (Wildman–Crippen MR) is 64.0 cm³/mol. The number of nitrogens with one attached hydrogen (secondary N) is 1. The Morgan fingerprint density at radius 1 is 1.17 bits per heavy atom. The summed E-state index contributed by atoms with van der Waals surface area (Å²) < 4.78 is 27.5. The molecule has 1 atom stereocenters. The van der Waals surface area contributed by atoms with Crippen molar-refractivity contribution < 1.29 is 8.78 Å². The molecule has 0 aliphatic rings. The van der Waals surface area contributed by atoms with E-state index >= 15 is 0 Å². The topological polar surface area (TPSA) is 37.8 Å². The van der Waals surface area contributed by atoms with Crippen LogP contribution in [0.3, 0.4) is 0 Å². The zero-order valence-electron chi connectivity index (χ0n) is 10.1. The minimum absolute atomic E-state index is 0.235. The highest BCUT2D eigenvalue weighted by molar-refractivity contribution is 5.32. The van der Waals surface area contributed by atoms with E-state index in [1.807, 2.05) is 0 Å². The quantitative estimate of drug-likeness (QED) is 0.907. The Balaban J connectivity index is 2.50. The van der Waals surface area contributed by atoms with E-state index in [0.29, 0.717) is 5.69 Å². The van der Waals surface area contributed by atoms with Crippen LogP contribution >= 0.6 is 0 Å². The Morgan fingerprint density at radius 2 is 1.94 bits per heavy atom. The van der Waals surface area contributed by atoms with Gasteiger partial charge in [0.1, 0.15) is 6.33 Å². The first-order valence-corrected chi connectivity index (χ1v) is 5.52. The van der Waals surface area contributed by atoms with Gasteiger partial charge in [-0.15, -0.1) is 0 Å². The molecule has 0 saturated carbocycles. The molecule has 1 heterocycles. The lowest BCUT2D eigenvalue weighted by atomic mass is 10.0. The summed E-state index contributed by atoms with van der Waals surface area (Å²) in [6.45, 7) is 1.53. The summed E-state index contributed by atoms with van der Waals surface area (Å²) in [5.41, 5.74) is 1.11. The lowest BCUT2D eigenvalue weighted by Crippen LogP contribution is -2.20. The molecule has 0 bridgehead atoms. The van der Waals surface area contributed by atoms with E-state index in [1.54, 1.807) is 31.4 Å². The molecule has 0 fully saturated rings. The van der Waals surface area contributed by atoms with Crippen molar-refractivity contribution in [3.8, 4) is 0 Å². The Labute approximate surface area is 104 Å². The maximum atomic E-state index is 13.9. The predicted octanol–water partition coefficient (Wildman–Crippen LogP) is 2.37. The summed E-state index contributed by atoms with van der Waals surface area (Å²) in [4.78, 5) is 7.86. The number of halogens is 2. The van der Waals surface area contributed by atoms with Crippen molar-refractivity contribution in [2.24, 2.45) is 0 Å². The van der Waals surface area contributed by atoms with E-state index in [-0.39, 0.29) is 11.1 Å². The van der Waals surface area contributed by atoms with E-state index in [1.165, 1.54) is 13.3 Å². The third-order valence-corrected chi connectivity index (χ3v) is 2.81. The van der Waals surface area contributed by atoms with E-state index in [0.717, 1.165) is 0 Å². The van der Waals surface area contributed by atoms with Gasteiger partial charge in [-0.1, -0.05) is 12.1 Å². The number of aryl methyl sites for hydroxylation is 1. The number of aromatic nitrogens is 2. The van der Waals surface area contributed by atoms with Gasteiger partial charge in [-0.05, 0) is 25.6 Å². The van der Waals surface area contributed by atoms with Crippen molar-refractivity contribution in [3.63, 3.8) is 0 Å². The van der Waals surface area contributed by atoms with Gasteiger partial charge in [0.05, 0.1) is 11.7 Å². The van der Waals surface area contributed by atoms with Crippen LogP contribution in [0.25, 0.3) is 0 Å². The summed E-state index contributed by atoms with van der Waals surface area (Å²) in [5.74, 6) is -1.66.